The predicted octanol–water partition coefficient (Wildman–Crippen LogP) is 5.23. The lowest BCUT2D eigenvalue weighted by molar-refractivity contribution is 0.262. The van der Waals surface area contributed by atoms with Gasteiger partial charge in [-0.25, -0.2) is 14.8 Å². The zero-order valence-electron chi connectivity index (χ0n) is 15.0. The number of rotatable bonds is 4. The molecule has 0 radical (unpaired) electrons. The molecule has 0 aliphatic rings. The number of benzene rings is 1. The highest BCUT2D eigenvalue weighted by Gasteiger charge is 2.09. The van der Waals surface area contributed by atoms with Gasteiger partial charge in [-0.15, -0.1) is 11.3 Å². The minimum atomic E-state index is -0.305. The van der Waals surface area contributed by atoms with Crippen LogP contribution in [0.25, 0.3) is 16.9 Å². The molecule has 0 bridgehead atoms. The average Bonchev–Trinajstić information content (AvgIpc) is 3.29. The SMILES string of the molecule is CC(C)c1cnc(NC(=O)Nc2ccc(-c3cn4ccccc4n3)cc2)s1. The maximum Gasteiger partial charge on any atom is 0.325 e. The van der Waals surface area contributed by atoms with E-state index in [0.717, 1.165) is 21.8 Å². The molecule has 0 saturated carbocycles. The van der Waals surface area contributed by atoms with Crippen molar-refractivity contribution >= 4 is 33.8 Å². The minimum Gasteiger partial charge on any atom is -0.308 e. The summed E-state index contributed by atoms with van der Waals surface area (Å²) in [7, 11) is 0. The van der Waals surface area contributed by atoms with Gasteiger partial charge in [0, 0.05) is 34.7 Å². The molecule has 0 aliphatic heterocycles. The Labute approximate surface area is 160 Å². The van der Waals surface area contributed by atoms with Crippen LogP contribution >= 0.6 is 11.3 Å². The van der Waals surface area contributed by atoms with Crippen LogP contribution in [0.4, 0.5) is 15.6 Å². The number of pyridine rings is 1. The maximum atomic E-state index is 12.2. The van der Waals surface area contributed by atoms with Crippen LogP contribution in [0.5, 0.6) is 0 Å². The number of amides is 2. The largest absolute Gasteiger partial charge is 0.325 e. The molecule has 27 heavy (non-hydrogen) atoms. The number of anilines is 2. The van der Waals surface area contributed by atoms with Crippen molar-refractivity contribution in [1.29, 1.82) is 0 Å². The second-order valence-corrected chi connectivity index (χ2v) is 7.53. The third-order valence-electron chi connectivity index (χ3n) is 4.12. The van der Waals surface area contributed by atoms with Gasteiger partial charge >= 0.3 is 6.03 Å². The van der Waals surface area contributed by atoms with Gasteiger partial charge in [0.1, 0.15) is 5.65 Å². The first-order chi connectivity index (χ1) is 13.1. The number of carbonyl (C=O) groups excluding carboxylic acids is 1. The van der Waals surface area contributed by atoms with E-state index in [-0.39, 0.29) is 6.03 Å². The molecule has 3 heterocycles. The molecule has 0 spiro atoms. The smallest absolute Gasteiger partial charge is 0.308 e. The molecule has 4 aromatic rings. The molecule has 136 valence electrons. The first-order valence-electron chi connectivity index (χ1n) is 8.66. The van der Waals surface area contributed by atoms with Crippen LogP contribution in [0.15, 0.2) is 61.1 Å². The fraction of sp³-hybridized carbons (Fsp3) is 0.150. The number of hydrogen-bond acceptors (Lipinski definition) is 4. The standard InChI is InChI=1S/C20H19N5OS/c1-13(2)17-11-21-20(27-17)24-19(26)22-15-8-6-14(7-9-15)16-12-25-10-4-3-5-18(25)23-16/h3-13H,1-2H3,(H2,21,22,24,26). The number of fused-ring (bicyclic) bond motifs is 1. The second kappa shape index (κ2) is 7.20. The van der Waals surface area contributed by atoms with Crippen molar-refractivity contribution in [1.82, 2.24) is 14.4 Å². The van der Waals surface area contributed by atoms with Crippen molar-refractivity contribution in [2.24, 2.45) is 0 Å². The molecular formula is C20H19N5OS. The molecular weight excluding hydrogens is 358 g/mol. The number of carbonyl (C=O) groups is 1. The summed E-state index contributed by atoms with van der Waals surface area (Å²) in [6.45, 7) is 4.20. The maximum absolute atomic E-state index is 12.2. The highest BCUT2D eigenvalue weighted by molar-refractivity contribution is 7.15. The van der Waals surface area contributed by atoms with E-state index in [2.05, 4.69) is 34.4 Å². The van der Waals surface area contributed by atoms with Gasteiger partial charge in [-0.3, -0.25) is 5.32 Å². The summed E-state index contributed by atoms with van der Waals surface area (Å²) in [5, 5.41) is 6.19. The lowest BCUT2D eigenvalue weighted by Gasteiger charge is -2.06. The van der Waals surface area contributed by atoms with Crippen molar-refractivity contribution in [2.75, 3.05) is 10.6 Å². The Kier molecular flexibility index (Phi) is 4.60. The summed E-state index contributed by atoms with van der Waals surface area (Å²) in [6, 6.07) is 13.2. The number of nitrogens with one attached hydrogen (secondary N) is 2. The molecule has 2 N–H and O–H groups in total. The zero-order valence-corrected chi connectivity index (χ0v) is 15.8. The molecule has 1 aromatic carbocycles. The van der Waals surface area contributed by atoms with E-state index in [1.807, 2.05) is 59.3 Å². The topological polar surface area (TPSA) is 71.3 Å². The number of urea groups is 1. The van der Waals surface area contributed by atoms with Gasteiger partial charge < -0.3 is 9.72 Å². The van der Waals surface area contributed by atoms with Crippen molar-refractivity contribution in [2.45, 2.75) is 19.8 Å². The second-order valence-electron chi connectivity index (χ2n) is 6.47. The molecule has 0 unspecified atom stereocenters. The van der Waals surface area contributed by atoms with Crippen LogP contribution in [-0.2, 0) is 0 Å². The van der Waals surface area contributed by atoms with Gasteiger partial charge in [0.25, 0.3) is 0 Å². The van der Waals surface area contributed by atoms with Gasteiger partial charge in [0.05, 0.1) is 5.69 Å². The van der Waals surface area contributed by atoms with Gasteiger partial charge in [0.2, 0.25) is 0 Å². The van der Waals surface area contributed by atoms with E-state index in [1.165, 1.54) is 11.3 Å². The van der Waals surface area contributed by atoms with E-state index in [0.29, 0.717) is 16.7 Å². The van der Waals surface area contributed by atoms with E-state index >= 15 is 0 Å². The predicted molar refractivity (Wildman–Crippen MR) is 109 cm³/mol. The first kappa shape index (κ1) is 17.2. The lowest BCUT2D eigenvalue weighted by Crippen LogP contribution is -2.19. The fourth-order valence-electron chi connectivity index (χ4n) is 2.67. The minimum absolute atomic E-state index is 0.305. The highest BCUT2D eigenvalue weighted by Crippen LogP contribution is 2.25. The molecule has 0 fully saturated rings. The zero-order chi connectivity index (χ0) is 18.8. The molecule has 0 atom stereocenters. The Hall–Kier alpha value is -3.19. The normalized spacial score (nSPS) is 11.1. The lowest BCUT2D eigenvalue weighted by atomic mass is 10.1. The van der Waals surface area contributed by atoms with Gasteiger partial charge in [-0.1, -0.05) is 32.0 Å². The fourth-order valence-corrected chi connectivity index (χ4v) is 3.48. The number of nitrogens with zero attached hydrogens (tertiary/aromatic N) is 3. The van der Waals surface area contributed by atoms with Crippen molar-refractivity contribution in [3.8, 4) is 11.3 Å². The Morgan fingerprint density at radius 3 is 2.63 bits per heavy atom. The summed E-state index contributed by atoms with van der Waals surface area (Å²) in [6.07, 6.45) is 5.75. The Balaban J connectivity index is 1.43. The Bertz CT molecular complexity index is 1050. The third kappa shape index (κ3) is 3.83. The van der Waals surface area contributed by atoms with E-state index in [4.69, 9.17) is 0 Å². The summed E-state index contributed by atoms with van der Waals surface area (Å²) in [4.78, 5) is 22.1. The Morgan fingerprint density at radius 1 is 1.11 bits per heavy atom. The molecule has 0 aliphatic carbocycles. The Morgan fingerprint density at radius 2 is 1.93 bits per heavy atom. The van der Waals surface area contributed by atoms with E-state index < -0.39 is 0 Å². The van der Waals surface area contributed by atoms with Crippen LogP contribution in [0.1, 0.15) is 24.6 Å². The van der Waals surface area contributed by atoms with Gasteiger partial charge in [0.15, 0.2) is 5.13 Å². The van der Waals surface area contributed by atoms with Crippen LogP contribution < -0.4 is 10.6 Å². The van der Waals surface area contributed by atoms with Crippen molar-refractivity contribution in [3.63, 3.8) is 0 Å². The number of hydrogen-bond donors (Lipinski definition) is 2. The molecule has 0 saturated heterocycles. The highest BCUT2D eigenvalue weighted by atomic mass is 32.1. The quantitative estimate of drug-likeness (QED) is 0.512. The van der Waals surface area contributed by atoms with Crippen molar-refractivity contribution < 1.29 is 4.79 Å². The average molecular weight is 377 g/mol. The molecule has 2 amide bonds. The van der Waals surface area contributed by atoms with Gasteiger partial charge in [-0.05, 0) is 30.2 Å². The molecule has 7 heteroatoms. The van der Waals surface area contributed by atoms with E-state index in [1.54, 1.807) is 6.20 Å². The molecule has 3 aromatic heterocycles. The summed E-state index contributed by atoms with van der Waals surface area (Å²) in [5.74, 6) is 0.397. The summed E-state index contributed by atoms with van der Waals surface area (Å²) < 4.78 is 1.98. The number of imidazole rings is 1. The van der Waals surface area contributed by atoms with E-state index in [9.17, 15) is 4.79 Å². The first-order valence-corrected chi connectivity index (χ1v) is 9.48. The van der Waals surface area contributed by atoms with Crippen LogP contribution in [-0.4, -0.2) is 20.4 Å². The number of aromatic nitrogens is 3. The van der Waals surface area contributed by atoms with Crippen LogP contribution in [0.3, 0.4) is 0 Å². The molecule has 4 rings (SSSR count). The number of thiazole rings is 1. The monoisotopic (exact) mass is 377 g/mol. The third-order valence-corrected chi connectivity index (χ3v) is 5.33. The van der Waals surface area contributed by atoms with Gasteiger partial charge in [-0.2, -0.15) is 0 Å². The summed E-state index contributed by atoms with van der Waals surface area (Å²) >= 11 is 1.49. The van der Waals surface area contributed by atoms with Crippen LogP contribution in [0, 0.1) is 0 Å². The van der Waals surface area contributed by atoms with Crippen LogP contribution in [0.2, 0.25) is 0 Å². The molecule has 6 nitrogen and oxygen atoms in total. The van der Waals surface area contributed by atoms with Crippen molar-refractivity contribution in [3.05, 3.63) is 65.9 Å². The summed E-state index contributed by atoms with van der Waals surface area (Å²) in [5.41, 5.74) is 3.49.